The lowest BCUT2D eigenvalue weighted by Gasteiger charge is -2.22. The lowest BCUT2D eigenvalue weighted by molar-refractivity contribution is -0.385. The smallest absolute Gasteiger partial charge is 0.290 e. The zero-order valence-electron chi connectivity index (χ0n) is 10.4. The van der Waals surface area contributed by atoms with Crippen LogP contribution in [-0.2, 0) is 0 Å². The average Bonchev–Trinajstić information content (AvgIpc) is 2.37. The molecule has 6 heteroatoms. The molecule has 0 amide bonds. The Morgan fingerprint density at radius 2 is 2.44 bits per heavy atom. The molecule has 1 N–H and O–H groups in total. The zero-order chi connectivity index (χ0) is 13.0. The van der Waals surface area contributed by atoms with E-state index in [9.17, 15) is 10.1 Å². The standard InChI is InChI=1S/C12H17N3O3/c1-9-11(15(16)17)4-5-12(14-9)18-8-10-3-2-6-13-7-10/h4-5,10,13H,2-3,6-8H2,1H3. The second-order valence-corrected chi connectivity index (χ2v) is 4.53. The maximum atomic E-state index is 10.7. The van der Waals surface area contributed by atoms with Gasteiger partial charge in [0.25, 0.3) is 5.69 Å². The van der Waals surface area contributed by atoms with Crippen molar-refractivity contribution in [2.24, 2.45) is 5.92 Å². The van der Waals surface area contributed by atoms with Crippen LogP contribution in [0.15, 0.2) is 12.1 Å². The number of nitro groups is 1. The molecule has 6 nitrogen and oxygen atoms in total. The summed E-state index contributed by atoms with van der Waals surface area (Å²) in [4.78, 5) is 14.3. The molecule has 0 radical (unpaired) electrons. The lowest BCUT2D eigenvalue weighted by atomic mass is 10.0. The molecule has 1 aromatic heterocycles. The van der Waals surface area contributed by atoms with Crippen LogP contribution in [-0.4, -0.2) is 29.6 Å². The summed E-state index contributed by atoms with van der Waals surface area (Å²) in [5.74, 6) is 0.958. The molecule has 1 aromatic rings. The van der Waals surface area contributed by atoms with E-state index >= 15 is 0 Å². The molecule has 0 aliphatic carbocycles. The number of nitrogens with zero attached hydrogens (tertiary/aromatic N) is 2. The molecule has 1 aliphatic heterocycles. The SMILES string of the molecule is Cc1nc(OCC2CCCNC2)ccc1[N+](=O)[O-]. The van der Waals surface area contributed by atoms with Crippen molar-refractivity contribution in [1.82, 2.24) is 10.3 Å². The Balaban J connectivity index is 1.93. The summed E-state index contributed by atoms with van der Waals surface area (Å²) in [6.07, 6.45) is 2.32. The van der Waals surface area contributed by atoms with E-state index in [1.54, 1.807) is 13.0 Å². The third-order valence-corrected chi connectivity index (χ3v) is 3.09. The van der Waals surface area contributed by atoms with Crippen LogP contribution < -0.4 is 10.1 Å². The Morgan fingerprint density at radius 3 is 3.06 bits per heavy atom. The summed E-state index contributed by atoms with van der Waals surface area (Å²) in [6.45, 7) is 4.27. The van der Waals surface area contributed by atoms with E-state index in [-0.39, 0.29) is 5.69 Å². The highest BCUT2D eigenvalue weighted by atomic mass is 16.6. The van der Waals surface area contributed by atoms with Crippen molar-refractivity contribution in [3.05, 3.63) is 27.9 Å². The van der Waals surface area contributed by atoms with Gasteiger partial charge in [0.2, 0.25) is 5.88 Å². The largest absolute Gasteiger partial charge is 0.477 e. The molecule has 0 saturated carbocycles. The molecular weight excluding hydrogens is 234 g/mol. The number of aromatic nitrogens is 1. The van der Waals surface area contributed by atoms with Crippen LogP contribution in [0.4, 0.5) is 5.69 Å². The fourth-order valence-electron chi connectivity index (χ4n) is 2.07. The molecule has 1 atom stereocenters. The molecule has 1 aliphatic rings. The summed E-state index contributed by atoms with van der Waals surface area (Å²) in [5.41, 5.74) is 0.418. The molecule has 0 aromatic carbocycles. The average molecular weight is 251 g/mol. The van der Waals surface area contributed by atoms with E-state index in [1.165, 1.54) is 12.5 Å². The number of ether oxygens (including phenoxy) is 1. The van der Waals surface area contributed by atoms with Crippen molar-refractivity contribution in [2.45, 2.75) is 19.8 Å². The van der Waals surface area contributed by atoms with Gasteiger partial charge in [0.15, 0.2) is 0 Å². The summed E-state index contributed by atoms with van der Waals surface area (Å²) in [7, 11) is 0. The summed E-state index contributed by atoms with van der Waals surface area (Å²) >= 11 is 0. The monoisotopic (exact) mass is 251 g/mol. The Kier molecular flexibility index (Phi) is 4.09. The van der Waals surface area contributed by atoms with E-state index in [0.29, 0.717) is 24.1 Å². The number of rotatable bonds is 4. The fourth-order valence-corrected chi connectivity index (χ4v) is 2.07. The van der Waals surface area contributed by atoms with Gasteiger partial charge in [-0.05, 0) is 26.3 Å². The quantitative estimate of drug-likeness (QED) is 0.650. The van der Waals surface area contributed by atoms with Gasteiger partial charge in [0, 0.05) is 24.6 Å². The van der Waals surface area contributed by atoms with Crippen molar-refractivity contribution in [3.8, 4) is 5.88 Å². The Morgan fingerprint density at radius 1 is 1.61 bits per heavy atom. The highest BCUT2D eigenvalue weighted by molar-refractivity contribution is 5.36. The van der Waals surface area contributed by atoms with Crippen LogP contribution >= 0.6 is 0 Å². The first-order chi connectivity index (χ1) is 8.66. The number of pyridine rings is 1. The van der Waals surface area contributed by atoms with Gasteiger partial charge < -0.3 is 10.1 Å². The van der Waals surface area contributed by atoms with Gasteiger partial charge in [-0.1, -0.05) is 0 Å². The predicted molar refractivity (Wildman–Crippen MR) is 66.7 cm³/mol. The molecule has 98 valence electrons. The number of piperidine rings is 1. The van der Waals surface area contributed by atoms with E-state index in [1.807, 2.05) is 0 Å². The maximum absolute atomic E-state index is 10.7. The van der Waals surface area contributed by atoms with Gasteiger partial charge in [-0.15, -0.1) is 0 Å². The highest BCUT2D eigenvalue weighted by Crippen LogP contribution is 2.20. The second-order valence-electron chi connectivity index (χ2n) is 4.53. The molecule has 1 fully saturated rings. The van der Waals surface area contributed by atoms with E-state index in [4.69, 9.17) is 4.74 Å². The molecule has 0 spiro atoms. The van der Waals surface area contributed by atoms with Crippen molar-refractivity contribution >= 4 is 5.69 Å². The van der Waals surface area contributed by atoms with Crippen LogP contribution in [0, 0.1) is 23.0 Å². The number of aryl methyl sites for hydroxylation is 1. The second kappa shape index (κ2) is 5.77. The molecule has 0 bridgehead atoms. The van der Waals surface area contributed by atoms with Crippen LogP contribution in [0.5, 0.6) is 5.88 Å². The van der Waals surface area contributed by atoms with Gasteiger partial charge in [0.1, 0.15) is 5.69 Å². The molecule has 2 heterocycles. The Hall–Kier alpha value is -1.69. The van der Waals surface area contributed by atoms with Gasteiger partial charge in [-0.2, -0.15) is 0 Å². The van der Waals surface area contributed by atoms with Crippen LogP contribution in [0.3, 0.4) is 0 Å². The molecule has 1 unspecified atom stereocenters. The normalized spacial score (nSPS) is 19.5. The topological polar surface area (TPSA) is 77.3 Å². The number of hydrogen-bond donors (Lipinski definition) is 1. The highest BCUT2D eigenvalue weighted by Gasteiger charge is 2.15. The molecule has 2 rings (SSSR count). The minimum atomic E-state index is -0.433. The third kappa shape index (κ3) is 3.16. The van der Waals surface area contributed by atoms with Gasteiger partial charge in [-0.3, -0.25) is 10.1 Å². The van der Waals surface area contributed by atoms with Crippen LogP contribution in [0.2, 0.25) is 0 Å². The number of nitrogens with one attached hydrogen (secondary N) is 1. The van der Waals surface area contributed by atoms with Crippen molar-refractivity contribution in [1.29, 1.82) is 0 Å². The van der Waals surface area contributed by atoms with E-state index < -0.39 is 4.92 Å². The molecular formula is C12H17N3O3. The maximum Gasteiger partial charge on any atom is 0.290 e. The van der Waals surface area contributed by atoms with E-state index in [2.05, 4.69) is 10.3 Å². The minimum absolute atomic E-state index is 0.0293. The van der Waals surface area contributed by atoms with Gasteiger partial charge in [-0.25, -0.2) is 4.98 Å². The molecule has 1 saturated heterocycles. The van der Waals surface area contributed by atoms with Gasteiger partial charge in [0.05, 0.1) is 11.5 Å². The Bertz CT molecular complexity index is 431. The first kappa shape index (κ1) is 12.8. The zero-order valence-corrected chi connectivity index (χ0v) is 10.4. The fraction of sp³-hybridized carbons (Fsp3) is 0.583. The summed E-state index contributed by atoms with van der Waals surface area (Å²) in [6, 6.07) is 3.00. The van der Waals surface area contributed by atoms with Crippen LogP contribution in [0.25, 0.3) is 0 Å². The van der Waals surface area contributed by atoms with Crippen molar-refractivity contribution < 1.29 is 9.66 Å². The third-order valence-electron chi connectivity index (χ3n) is 3.09. The first-order valence-electron chi connectivity index (χ1n) is 6.12. The first-order valence-corrected chi connectivity index (χ1v) is 6.12. The number of hydrogen-bond acceptors (Lipinski definition) is 5. The van der Waals surface area contributed by atoms with Crippen molar-refractivity contribution in [3.63, 3.8) is 0 Å². The molecule has 18 heavy (non-hydrogen) atoms. The van der Waals surface area contributed by atoms with Gasteiger partial charge >= 0.3 is 0 Å². The Labute approximate surface area is 106 Å². The predicted octanol–water partition coefficient (Wildman–Crippen LogP) is 1.68. The summed E-state index contributed by atoms with van der Waals surface area (Å²) < 4.78 is 5.59. The van der Waals surface area contributed by atoms with E-state index in [0.717, 1.165) is 19.5 Å². The summed E-state index contributed by atoms with van der Waals surface area (Å²) in [5, 5.41) is 14.0. The van der Waals surface area contributed by atoms with Crippen molar-refractivity contribution in [2.75, 3.05) is 19.7 Å². The lowest BCUT2D eigenvalue weighted by Crippen LogP contribution is -2.33. The minimum Gasteiger partial charge on any atom is -0.477 e. The van der Waals surface area contributed by atoms with Crippen LogP contribution in [0.1, 0.15) is 18.5 Å².